The molecule has 3 aromatic rings. The third kappa shape index (κ3) is 4.43. The minimum Gasteiger partial charge on any atom is -0.378 e. The highest BCUT2D eigenvalue weighted by Crippen LogP contribution is 2.34. The molecule has 1 saturated heterocycles. The largest absolute Gasteiger partial charge is 0.378 e. The molecule has 1 amide bonds. The van der Waals surface area contributed by atoms with Gasteiger partial charge >= 0.3 is 0 Å². The van der Waals surface area contributed by atoms with E-state index < -0.39 is 0 Å². The molecule has 2 aromatic heterocycles. The number of thioether (sulfide) groups is 1. The Morgan fingerprint density at radius 1 is 1.25 bits per heavy atom. The van der Waals surface area contributed by atoms with Gasteiger partial charge < -0.3 is 15.0 Å². The number of ether oxygens (including phenoxy) is 1. The molecular formula is C19H21N5O2S2. The number of hydrogen-bond donors (Lipinski definition) is 1. The summed E-state index contributed by atoms with van der Waals surface area (Å²) >= 11 is 2.98. The molecule has 7 nitrogen and oxygen atoms in total. The summed E-state index contributed by atoms with van der Waals surface area (Å²) in [4.78, 5) is 27.8. The highest BCUT2D eigenvalue weighted by atomic mass is 32.2. The maximum absolute atomic E-state index is 12.3. The van der Waals surface area contributed by atoms with E-state index in [0.717, 1.165) is 40.1 Å². The van der Waals surface area contributed by atoms with Gasteiger partial charge in [-0.25, -0.2) is 9.97 Å². The van der Waals surface area contributed by atoms with E-state index in [1.807, 2.05) is 24.3 Å². The van der Waals surface area contributed by atoms with Gasteiger partial charge in [0.25, 0.3) is 0 Å². The van der Waals surface area contributed by atoms with E-state index in [9.17, 15) is 4.79 Å². The average Bonchev–Trinajstić information content (AvgIpc) is 3.18. The van der Waals surface area contributed by atoms with Crippen LogP contribution in [0.1, 0.15) is 12.5 Å². The molecule has 0 saturated carbocycles. The monoisotopic (exact) mass is 415 g/mol. The number of anilines is 2. The number of benzene rings is 1. The van der Waals surface area contributed by atoms with Crippen molar-refractivity contribution in [3.05, 3.63) is 36.2 Å². The van der Waals surface area contributed by atoms with E-state index in [1.54, 1.807) is 11.3 Å². The van der Waals surface area contributed by atoms with E-state index in [4.69, 9.17) is 4.74 Å². The van der Waals surface area contributed by atoms with Gasteiger partial charge in [0.1, 0.15) is 16.1 Å². The zero-order chi connectivity index (χ0) is 19.3. The summed E-state index contributed by atoms with van der Waals surface area (Å²) in [5, 5.41) is 4.65. The maximum Gasteiger partial charge on any atom is 0.234 e. The van der Waals surface area contributed by atoms with Crippen LogP contribution in [0.25, 0.3) is 10.3 Å². The standard InChI is InChI=1S/C19H21N5O2S2/c1-2-13-3-5-14(6-4-13)22-15(25)11-27-18-16-17(20-12-21-18)23-19(28-16)24-7-9-26-10-8-24/h3-6,12H,2,7-11H2,1H3,(H,22,25). The summed E-state index contributed by atoms with van der Waals surface area (Å²) in [5.74, 6) is 0.228. The number of amides is 1. The topological polar surface area (TPSA) is 80.2 Å². The van der Waals surface area contributed by atoms with Crippen molar-refractivity contribution in [3.8, 4) is 0 Å². The second kappa shape index (κ2) is 8.85. The lowest BCUT2D eigenvalue weighted by molar-refractivity contribution is -0.113. The maximum atomic E-state index is 12.3. The van der Waals surface area contributed by atoms with Gasteiger partial charge in [0.05, 0.1) is 19.0 Å². The van der Waals surface area contributed by atoms with Gasteiger partial charge in [-0.2, -0.15) is 4.98 Å². The summed E-state index contributed by atoms with van der Waals surface area (Å²) in [6.45, 7) is 5.19. The number of aryl methyl sites for hydroxylation is 1. The number of morpholine rings is 1. The van der Waals surface area contributed by atoms with E-state index in [0.29, 0.717) is 18.9 Å². The highest BCUT2D eigenvalue weighted by molar-refractivity contribution is 8.00. The van der Waals surface area contributed by atoms with Crippen molar-refractivity contribution in [1.82, 2.24) is 15.0 Å². The lowest BCUT2D eigenvalue weighted by Gasteiger charge is -2.25. The van der Waals surface area contributed by atoms with Crippen LogP contribution in [0.5, 0.6) is 0 Å². The third-order valence-electron chi connectivity index (χ3n) is 4.41. The van der Waals surface area contributed by atoms with E-state index >= 15 is 0 Å². The van der Waals surface area contributed by atoms with Crippen LogP contribution in [0, 0.1) is 0 Å². The molecule has 1 aromatic carbocycles. The fraction of sp³-hybridized carbons (Fsp3) is 0.368. The first-order valence-corrected chi connectivity index (χ1v) is 11.0. The lowest BCUT2D eigenvalue weighted by atomic mass is 10.1. The first-order valence-electron chi connectivity index (χ1n) is 9.18. The van der Waals surface area contributed by atoms with Gasteiger partial charge in [-0.05, 0) is 24.1 Å². The van der Waals surface area contributed by atoms with Crippen molar-refractivity contribution >= 4 is 50.2 Å². The number of aromatic nitrogens is 3. The summed E-state index contributed by atoms with van der Waals surface area (Å²) < 4.78 is 6.33. The summed E-state index contributed by atoms with van der Waals surface area (Å²) in [5.41, 5.74) is 2.74. The first-order chi connectivity index (χ1) is 13.7. The minimum atomic E-state index is -0.0565. The SMILES string of the molecule is CCc1ccc(NC(=O)CSc2ncnc3nc(N4CCOCC4)sc23)cc1. The van der Waals surface area contributed by atoms with Crippen molar-refractivity contribution in [3.63, 3.8) is 0 Å². The zero-order valence-corrected chi connectivity index (χ0v) is 17.2. The molecule has 1 fully saturated rings. The predicted molar refractivity (Wildman–Crippen MR) is 113 cm³/mol. The second-order valence-electron chi connectivity index (χ2n) is 6.31. The predicted octanol–water partition coefficient (Wildman–Crippen LogP) is 3.22. The molecule has 1 N–H and O–H groups in total. The van der Waals surface area contributed by atoms with Crippen molar-refractivity contribution in [2.24, 2.45) is 0 Å². The van der Waals surface area contributed by atoms with Crippen LogP contribution >= 0.6 is 23.1 Å². The van der Waals surface area contributed by atoms with Gasteiger partial charge in [0.2, 0.25) is 5.91 Å². The summed E-state index contributed by atoms with van der Waals surface area (Å²) in [7, 11) is 0. The lowest BCUT2D eigenvalue weighted by Crippen LogP contribution is -2.36. The van der Waals surface area contributed by atoms with Gasteiger partial charge in [0, 0.05) is 18.8 Å². The van der Waals surface area contributed by atoms with Crippen LogP contribution in [0.15, 0.2) is 35.6 Å². The molecule has 3 heterocycles. The zero-order valence-electron chi connectivity index (χ0n) is 15.6. The average molecular weight is 416 g/mol. The molecular weight excluding hydrogens is 394 g/mol. The molecule has 0 atom stereocenters. The van der Waals surface area contributed by atoms with Gasteiger partial charge in [0.15, 0.2) is 10.8 Å². The molecule has 0 bridgehead atoms. The number of carbonyl (C=O) groups excluding carboxylic acids is 1. The molecule has 146 valence electrons. The molecule has 4 rings (SSSR count). The fourth-order valence-electron chi connectivity index (χ4n) is 2.87. The molecule has 0 unspecified atom stereocenters. The molecule has 9 heteroatoms. The van der Waals surface area contributed by atoms with Crippen LogP contribution in [-0.2, 0) is 16.0 Å². The number of hydrogen-bond acceptors (Lipinski definition) is 8. The number of thiazole rings is 1. The Hall–Kier alpha value is -2.23. The number of carbonyl (C=O) groups is 1. The normalized spacial score (nSPS) is 14.4. The third-order valence-corrected chi connectivity index (χ3v) is 6.65. The highest BCUT2D eigenvalue weighted by Gasteiger charge is 2.18. The van der Waals surface area contributed by atoms with E-state index in [1.165, 1.54) is 23.7 Å². The van der Waals surface area contributed by atoms with Crippen molar-refractivity contribution in [2.45, 2.75) is 18.4 Å². The number of rotatable bonds is 6. The van der Waals surface area contributed by atoms with E-state index in [2.05, 4.69) is 32.1 Å². The van der Waals surface area contributed by atoms with Crippen LogP contribution < -0.4 is 10.2 Å². The molecule has 0 radical (unpaired) electrons. The van der Waals surface area contributed by atoms with Crippen LogP contribution in [-0.4, -0.2) is 52.9 Å². The summed E-state index contributed by atoms with van der Waals surface area (Å²) in [6, 6.07) is 7.92. The van der Waals surface area contributed by atoms with Gasteiger partial charge in [-0.15, -0.1) is 0 Å². The summed E-state index contributed by atoms with van der Waals surface area (Å²) in [6.07, 6.45) is 2.49. The molecule has 0 aliphatic carbocycles. The Labute approximate surface area is 171 Å². The van der Waals surface area contributed by atoms with Crippen LogP contribution in [0.4, 0.5) is 10.8 Å². The fourth-order valence-corrected chi connectivity index (χ4v) is 4.81. The Morgan fingerprint density at radius 3 is 2.79 bits per heavy atom. The molecule has 1 aliphatic rings. The Kier molecular flexibility index (Phi) is 6.04. The first kappa shape index (κ1) is 19.1. The molecule has 0 spiro atoms. The minimum absolute atomic E-state index is 0.0565. The molecule has 28 heavy (non-hydrogen) atoms. The number of nitrogens with zero attached hydrogens (tertiary/aromatic N) is 4. The Bertz CT molecular complexity index is 955. The smallest absolute Gasteiger partial charge is 0.234 e. The van der Waals surface area contributed by atoms with Crippen molar-refractivity contribution in [1.29, 1.82) is 0 Å². The second-order valence-corrected chi connectivity index (χ2v) is 8.26. The van der Waals surface area contributed by atoms with Gasteiger partial charge in [-0.3, -0.25) is 4.79 Å². The number of fused-ring (bicyclic) bond motifs is 1. The van der Waals surface area contributed by atoms with Crippen LogP contribution in [0.3, 0.4) is 0 Å². The number of nitrogens with one attached hydrogen (secondary N) is 1. The van der Waals surface area contributed by atoms with Crippen molar-refractivity contribution in [2.75, 3.05) is 42.3 Å². The van der Waals surface area contributed by atoms with Gasteiger partial charge in [-0.1, -0.05) is 42.2 Å². The van der Waals surface area contributed by atoms with Crippen molar-refractivity contribution < 1.29 is 9.53 Å². The quantitative estimate of drug-likeness (QED) is 0.489. The van der Waals surface area contributed by atoms with E-state index in [-0.39, 0.29) is 11.7 Å². The Morgan fingerprint density at radius 2 is 2.04 bits per heavy atom. The van der Waals surface area contributed by atoms with Crippen LogP contribution in [0.2, 0.25) is 0 Å². The Balaban J connectivity index is 1.42. The molecule has 1 aliphatic heterocycles.